The molecule has 5 nitrogen and oxygen atoms in total. The molecule has 0 aliphatic carbocycles. The fourth-order valence-electron chi connectivity index (χ4n) is 3.50. The summed E-state index contributed by atoms with van der Waals surface area (Å²) in [7, 11) is -3.67. The Morgan fingerprint density at radius 3 is 2.61 bits per heavy atom. The monoisotopic (exact) mass is 421 g/mol. The van der Waals surface area contributed by atoms with Crippen LogP contribution in [0.4, 0.5) is 4.39 Å². The van der Waals surface area contributed by atoms with Gasteiger partial charge in [0.1, 0.15) is 5.82 Å². The number of benzene rings is 2. The summed E-state index contributed by atoms with van der Waals surface area (Å²) in [6.07, 6.45) is 1.96. The first-order valence-corrected chi connectivity index (χ1v) is 11.1. The van der Waals surface area contributed by atoms with Crippen molar-refractivity contribution < 1.29 is 12.8 Å². The molecule has 2 aromatic rings. The van der Waals surface area contributed by atoms with Gasteiger partial charge in [0.2, 0.25) is 10.0 Å². The van der Waals surface area contributed by atoms with Crippen molar-refractivity contribution in [2.75, 3.05) is 19.6 Å². The molecule has 1 saturated heterocycles. The van der Waals surface area contributed by atoms with E-state index in [0.29, 0.717) is 16.7 Å². The average Bonchev–Trinajstić information content (AvgIpc) is 3.18. The van der Waals surface area contributed by atoms with E-state index >= 15 is 0 Å². The number of sulfonamides is 1. The zero-order valence-electron chi connectivity index (χ0n) is 15.2. The first-order chi connectivity index (χ1) is 13.4. The van der Waals surface area contributed by atoms with Gasteiger partial charge in [-0.25, -0.2) is 17.5 Å². The van der Waals surface area contributed by atoms with Gasteiger partial charge in [-0.3, -0.25) is 4.90 Å². The van der Waals surface area contributed by atoms with Gasteiger partial charge in [-0.2, -0.15) is 5.26 Å². The van der Waals surface area contributed by atoms with Crippen LogP contribution >= 0.6 is 11.6 Å². The first kappa shape index (κ1) is 20.7. The molecule has 0 amide bonds. The van der Waals surface area contributed by atoms with Crippen LogP contribution in [-0.4, -0.2) is 33.0 Å². The molecule has 3 rings (SSSR count). The van der Waals surface area contributed by atoms with E-state index in [1.54, 1.807) is 30.3 Å². The van der Waals surface area contributed by atoms with Gasteiger partial charge in [-0.1, -0.05) is 29.8 Å². The second-order valence-corrected chi connectivity index (χ2v) is 9.03. The second kappa shape index (κ2) is 9.01. The van der Waals surface area contributed by atoms with Gasteiger partial charge in [0, 0.05) is 17.1 Å². The summed E-state index contributed by atoms with van der Waals surface area (Å²) in [6, 6.07) is 12.5. The number of hydrogen-bond donors (Lipinski definition) is 1. The molecule has 0 saturated carbocycles. The van der Waals surface area contributed by atoms with E-state index < -0.39 is 21.9 Å². The van der Waals surface area contributed by atoms with Crippen LogP contribution in [0.15, 0.2) is 42.5 Å². The number of nitrogens with zero attached hydrogens (tertiary/aromatic N) is 2. The van der Waals surface area contributed by atoms with Crippen molar-refractivity contribution in [3.05, 3.63) is 70.0 Å². The van der Waals surface area contributed by atoms with E-state index in [1.807, 2.05) is 6.07 Å². The maximum absolute atomic E-state index is 14.5. The Hall–Kier alpha value is -1.98. The summed E-state index contributed by atoms with van der Waals surface area (Å²) in [4.78, 5) is 2.06. The summed E-state index contributed by atoms with van der Waals surface area (Å²) in [5, 5.41) is 9.26. The fraction of sp³-hybridized carbons (Fsp3) is 0.350. The van der Waals surface area contributed by atoms with Crippen LogP contribution in [0.3, 0.4) is 0 Å². The summed E-state index contributed by atoms with van der Waals surface area (Å²) < 4.78 is 42.2. The number of nitriles is 1. The lowest BCUT2D eigenvalue weighted by atomic mass is 10.0. The Morgan fingerprint density at radius 1 is 1.21 bits per heavy atom. The summed E-state index contributed by atoms with van der Waals surface area (Å²) in [5.74, 6) is -0.689. The van der Waals surface area contributed by atoms with Gasteiger partial charge in [0.05, 0.1) is 23.4 Å². The predicted octanol–water partition coefficient (Wildman–Crippen LogP) is 3.61. The molecule has 2 aromatic carbocycles. The normalized spacial score (nSPS) is 16.0. The highest BCUT2D eigenvalue weighted by atomic mass is 35.5. The molecule has 0 aromatic heterocycles. The maximum atomic E-state index is 14.5. The Labute approximate surface area is 169 Å². The molecular weight excluding hydrogens is 401 g/mol. The van der Waals surface area contributed by atoms with E-state index in [2.05, 4.69) is 9.62 Å². The van der Waals surface area contributed by atoms with Crippen molar-refractivity contribution in [2.24, 2.45) is 0 Å². The Balaban J connectivity index is 1.78. The van der Waals surface area contributed by atoms with E-state index in [-0.39, 0.29) is 17.3 Å². The predicted molar refractivity (Wildman–Crippen MR) is 107 cm³/mol. The van der Waals surface area contributed by atoms with Gasteiger partial charge in [0.25, 0.3) is 0 Å². The average molecular weight is 422 g/mol. The van der Waals surface area contributed by atoms with Gasteiger partial charge in [0.15, 0.2) is 0 Å². The molecule has 28 heavy (non-hydrogen) atoms. The number of likely N-dealkylation sites (tertiary alicyclic amines) is 1. The van der Waals surface area contributed by atoms with Crippen molar-refractivity contribution in [3.63, 3.8) is 0 Å². The zero-order chi connectivity index (χ0) is 20.1. The summed E-state index contributed by atoms with van der Waals surface area (Å²) >= 11 is 6.24. The Bertz CT molecular complexity index is 965. The minimum absolute atomic E-state index is 0.0287. The summed E-state index contributed by atoms with van der Waals surface area (Å²) in [6.45, 7) is 1.56. The molecule has 0 spiro atoms. The third-order valence-corrected chi connectivity index (χ3v) is 6.47. The van der Waals surface area contributed by atoms with Crippen LogP contribution in [-0.2, 0) is 15.8 Å². The highest BCUT2D eigenvalue weighted by Gasteiger charge is 2.29. The highest BCUT2D eigenvalue weighted by Crippen LogP contribution is 2.32. The van der Waals surface area contributed by atoms with Crippen LogP contribution in [0, 0.1) is 17.1 Å². The first-order valence-electron chi connectivity index (χ1n) is 9.04. The molecule has 1 heterocycles. The van der Waals surface area contributed by atoms with Crippen molar-refractivity contribution in [2.45, 2.75) is 24.6 Å². The van der Waals surface area contributed by atoms with Crippen LogP contribution in [0.2, 0.25) is 5.02 Å². The van der Waals surface area contributed by atoms with E-state index in [4.69, 9.17) is 16.9 Å². The number of hydrogen-bond acceptors (Lipinski definition) is 4. The molecule has 0 bridgehead atoms. The largest absolute Gasteiger partial charge is 0.295 e. The highest BCUT2D eigenvalue weighted by molar-refractivity contribution is 7.88. The topological polar surface area (TPSA) is 73.2 Å². The smallest absolute Gasteiger partial charge is 0.215 e. The molecule has 1 fully saturated rings. The lowest BCUT2D eigenvalue weighted by Gasteiger charge is -2.29. The number of nitrogens with one attached hydrogen (secondary N) is 1. The minimum Gasteiger partial charge on any atom is -0.295 e. The molecule has 1 N–H and O–H groups in total. The van der Waals surface area contributed by atoms with Crippen LogP contribution in [0.1, 0.15) is 35.6 Å². The number of halogens is 2. The van der Waals surface area contributed by atoms with Gasteiger partial charge in [-0.05, 0) is 55.8 Å². The van der Waals surface area contributed by atoms with E-state index in [9.17, 15) is 12.8 Å². The van der Waals surface area contributed by atoms with E-state index in [0.717, 1.165) is 25.9 Å². The fourth-order valence-corrected chi connectivity index (χ4v) is 4.92. The molecule has 8 heteroatoms. The third-order valence-electron chi connectivity index (χ3n) is 4.82. The second-order valence-electron chi connectivity index (χ2n) is 6.81. The Morgan fingerprint density at radius 2 is 1.93 bits per heavy atom. The van der Waals surface area contributed by atoms with Gasteiger partial charge < -0.3 is 0 Å². The third kappa shape index (κ3) is 5.09. The van der Waals surface area contributed by atoms with Crippen LogP contribution in [0.25, 0.3) is 0 Å². The van der Waals surface area contributed by atoms with E-state index in [1.165, 1.54) is 12.1 Å². The molecule has 1 unspecified atom stereocenters. The lowest BCUT2D eigenvalue weighted by molar-refractivity contribution is 0.241. The van der Waals surface area contributed by atoms with Gasteiger partial charge >= 0.3 is 0 Å². The number of rotatable bonds is 7. The molecule has 148 valence electrons. The molecule has 0 radical (unpaired) electrons. The molecular formula is C20H21ClFN3O2S. The van der Waals surface area contributed by atoms with Crippen LogP contribution < -0.4 is 4.72 Å². The molecule has 1 aliphatic heterocycles. The van der Waals surface area contributed by atoms with Crippen molar-refractivity contribution >= 4 is 21.6 Å². The SMILES string of the molecule is N#Cc1cccc(CS(=O)(=O)NCC(c2c(F)cccc2Cl)N2CCCC2)c1. The standard InChI is InChI=1S/C20H21ClFN3O2S/c21-17-7-4-8-18(22)20(17)19(25-9-1-2-10-25)13-24-28(26,27)14-16-6-3-5-15(11-16)12-23/h3-8,11,19,24H,1-2,9-10,13-14H2. The van der Waals surface area contributed by atoms with Crippen LogP contribution in [0.5, 0.6) is 0 Å². The Kier molecular flexibility index (Phi) is 6.68. The molecule has 1 atom stereocenters. The molecule has 1 aliphatic rings. The quantitative estimate of drug-likeness (QED) is 0.741. The zero-order valence-corrected chi connectivity index (χ0v) is 16.8. The lowest BCUT2D eigenvalue weighted by Crippen LogP contribution is -2.37. The van der Waals surface area contributed by atoms with Crippen molar-refractivity contribution in [3.8, 4) is 6.07 Å². The summed E-state index contributed by atoms with van der Waals surface area (Å²) in [5.41, 5.74) is 1.24. The van der Waals surface area contributed by atoms with Crippen molar-refractivity contribution in [1.29, 1.82) is 5.26 Å². The maximum Gasteiger partial charge on any atom is 0.215 e. The minimum atomic E-state index is -3.67. The van der Waals surface area contributed by atoms with Gasteiger partial charge in [-0.15, -0.1) is 0 Å². The van der Waals surface area contributed by atoms with Crippen molar-refractivity contribution in [1.82, 2.24) is 9.62 Å².